The van der Waals surface area contributed by atoms with Crippen LogP contribution in [0.15, 0.2) is 40.7 Å². The van der Waals surface area contributed by atoms with Crippen molar-refractivity contribution in [1.29, 1.82) is 0 Å². The van der Waals surface area contributed by atoms with Gasteiger partial charge < -0.3 is 10.6 Å². The molecule has 0 atom stereocenters. The van der Waals surface area contributed by atoms with Crippen molar-refractivity contribution < 1.29 is 9.18 Å². The third-order valence-corrected chi connectivity index (χ3v) is 4.54. The highest BCUT2D eigenvalue weighted by Crippen LogP contribution is 2.19. The van der Waals surface area contributed by atoms with Crippen molar-refractivity contribution in [2.75, 3.05) is 13.1 Å². The molecule has 0 radical (unpaired) electrons. The summed E-state index contributed by atoms with van der Waals surface area (Å²) in [6, 6.07) is 4.66. The molecule has 1 aromatic carbocycles. The molecule has 1 aromatic heterocycles. The van der Waals surface area contributed by atoms with Gasteiger partial charge in [-0.15, -0.1) is 17.9 Å². The zero-order valence-corrected chi connectivity index (χ0v) is 14.9. The van der Waals surface area contributed by atoms with Gasteiger partial charge >= 0.3 is 0 Å². The molecule has 0 saturated carbocycles. The van der Waals surface area contributed by atoms with Gasteiger partial charge in [0, 0.05) is 34.9 Å². The lowest BCUT2D eigenvalue weighted by atomic mass is 10.2. The van der Waals surface area contributed by atoms with E-state index in [0.29, 0.717) is 30.8 Å². The van der Waals surface area contributed by atoms with E-state index in [-0.39, 0.29) is 18.3 Å². The van der Waals surface area contributed by atoms with Crippen LogP contribution in [0.1, 0.15) is 21.1 Å². The second kappa shape index (κ2) is 8.33. The van der Waals surface area contributed by atoms with Gasteiger partial charge in [0.05, 0.1) is 5.01 Å². The van der Waals surface area contributed by atoms with E-state index in [1.807, 2.05) is 0 Å². The van der Waals surface area contributed by atoms with Gasteiger partial charge in [0.2, 0.25) is 0 Å². The molecule has 2 rings (SSSR count). The van der Waals surface area contributed by atoms with E-state index >= 15 is 0 Å². The van der Waals surface area contributed by atoms with Crippen molar-refractivity contribution in [1.82, 2.24) is 9.88 Å². The molecule has 1 heterocycles. The lowest BCUT2D eigenvalue weighted by molar-refractivity contribution is 0.0756. The van der Waals surface area contributed by atoms with Crippen LogP contribution in [0, 0.1) is 5.82 Å². The minimum Gasteiger partial charge on any atom is -0.330 e. The van der Waals surface area contributed by atoms with Gasteiger partial charge in [-0.1, -0.05) is 22.0 Å². The fraction of sp³-hybridized carbons (Fsp3) is 0.250. The Morgan fingerprint density at radius 2 is 2.30 bits per heavy atom. The summed E-state index contributed by atoms with van der Waals surface area (Å²) in [6.45, 7) is 4.62. The topological polar surface area (TPSA) is 59.2 Å². The first-order valence-electron chi connectivity index (χ1n) is 7.03. The van der Waals surface area contributed by atoms with Gasteiger partial charge in [-0.2, -0.15) is 0 Å². The van der Waals surface area contributed by atoms with Crippen molar-refractivity contribution in [3.8, 4) is 0 Å². The largest absolute Gasteiger partial charge is 0.330 e. The Balaban J connectivity index is 2.20. The molecular weight excluding hydrogens is 381 g/mol. The summed E-state index contributed by atoms with van der Waals surface area (Å²) in [5, 5.41) is 2.53. The van der Waals surface area contributed by atoms with Gasteiger partial charge in [-0.3, -0.25) is 4.79 Å². The Hall–Kier alpha value is -1.57. The van der Waals surface area contributed by atoms with E-state index in [1.165, 1.54) is 22.3 Å². The summed E-state index contributed by atoms with van der Waals surface area (Å²) in [5.41, 5.74) is 6.29. The van der Waals surface area contributed by atoms with E-state index in [0.717, 1.165) is 9.48 Å². The number of carbonyl (C=O) groups excluding carboxylic acids is 1. The summed E-state index contributed by atoms with van der Waals surface area (Å²) in [6.07, 6.45) is 2.25. The molecule has 23 heavy (non-hydrogen) atoms. The number of aromatic nitrogens is 1. The molecule has 4 nitrogen and oxygen atoms in total. The van der Waals surface area contributed by atoms with Gasteiger partial charge in [0.25, 0.3) is 5.91 Å². The lowest BCUT2D eigenvalue weighted by Gasteiger charge is -2.20. The predicted octanol–water partition coefficient (Wildman–Crippen LogP) is 3.37. The van der Waals surface area contributed by atoms with E-state index in [2.05, 4.69) is 27.5 Å². The summed E-state index contributed by atoms with van der Waals surface area (Å²) >= 11 is 4.72. The van der Waals surface area contributed by atoms with Gasteiger partial charge in [-0.05, 0) is 24.7 Å². The van der Waals surface area contributed by atoms with E-state index in [4.69, 9.17) is 5.73 Å². The quantitative estimate of drug-likeness (QED) is 0.728. The van der Waals surface area contributed by atoms with Crippen LogP contribution in [-0.2, 0) is 13.0 Å². The Morgan fingerprint density at radius 3 is 3.00 bits per heavy atom. The maximum absolute atomic E-state index is 13.9. The number of nitrogens with zero attached hydrogens (tertiary/aromatic N) is 2. The number of benzene rings is 1. The van der Waals surface area contributed by atoms with Crippen molar-refractivity contribution in [3.05, 3.63) is 62.8 Å². The smallest absolute Gasteiger partial charge is 0.273 e. The molecule has 122 valence electrons. The third-order valence-electron chi connectivity index (χ3n) is 3.13. The summed E-state index contributed by atoms with van der Waals surface area (Å²) in [7, 11) is 0. The standard InChI is InChI=1S/C16H17BrFN3OS/c1-2-7-21(9-11-8-12(17)3-4-13(11)18)16(22)14-10-23-15(20-14)5-6-19/h2-4,8,10H,1,5-7,9,19H2. The van der Waals surface area contributed by atoms with Crippen LogP contribution >= 0.6 is 27.3 Å². The first kappa shape index (κ1) is 17.8. The zero-order valence-electron chi connectivity index (χ0n) is 12.5. The number of halogens is 2. The van der Waals surface area contributed by atoms with Crippen molar-refractivity contribution >= 4 is 33.2 Å². The third kappa shape index (κ3) is 4.70. The molecule has 0 spiro atoms. The summed E-state index contributed by atoms with van der Waals surface area (Å²) in [4.78, 5) is 18.4. The van der Waals surface area contributed by atoms with Crippen molar-refractivity contribution in [2.24, 2.45) is 5.73 Å². The number of rotatable bonds is 7. The molecule has 7 heteroatoms. The monoisotopic (exact) mass is 397 g/mol. The molecule has 2 aromatic rings. The average molecular weight is 398 g/mol. The molecule has 0 unspecified atom stereocenters. The van der Waals surface area contributed by atoms with Crippen LogP contribution in [0.4, 0.5) is 4.39 Å². The minimum atomic E-state index is -0.350. The first-order valence-corrected chi connectivity index (χ1v) is 8.71. The molecule has 2 N–H and O–H groups in total. The zero-order chi connectivity index (χ0) is 16.8. The molecule has 0 aliphatic heterocycles. The number of nitrogens with two attached hydrogens (primary N) is 1. The van der Waals surface area contributed by atoms with Crippen LogP contribution in [0.2, 0.25) is 0 Å². The second-order valence-electron chi connectivity index (χ2n) is 4.88. The molecule has 0 bridgehead atoms. The van der Waals surface area contributed by atoms with Crippen LogP contribution in [0.3, 0.4) is 0 Å². The maximum atomic E-state index is 13.9. The van der Waals surface area contributed by atoms with Crippen LogP contribution in [0.25, 0.3) is 0 Å². The van der Waals surface area contributed by atoms with Crippen LogP contribution in [0.5, 0.6) is 0 Å². The van der Waals surface area contributed by atoms with E-state index in [1.54, 1.807) is 23.6 Å². The van der Waals surface area contributed by atoms with Crippen molar-refractivity contribution in [2.45, 2.75) is 13.0 Å². The Kier molecular flexibility index (Phi) is 6.44. The fourth-order valence-electron chi connectivity index (χ4n) is 2.05. The highest BCUT2D eigenvalue weighted by atomic mass is 79.9. The fourth-order valence-corrected chi connectivity index (χ4v) is 3.25. The number of hydrogen-bond acceptors (Lipinski definition) is 4. The molecule has 1 amide bonds. The van der Waals surface area contributed by atoms with Crippen LogP contribution < -0.4 is 5.73 Å². The molecule has 0 aliphatic rings. The van der Waals surface area contributed by atoms with Crippen LogP contribution in [-0.4, -0.2) is 28.9 Å². The maximum Gasteiger partial charge on any atom is 0.273 e. The number of amides is 1. The van der Waals surface area contributed by atoms with Gasteiger partial charge in [0.15, 0.2) is 0 Å². The normalized spacial score (nSPS) is 10.6. The molecular formula is C16H17BrFN3OS. The highest BCUT2D eigenvalue weighted by molar-refractivity contribution is 9.10. The van der Waals surface area contributed by atoms with E-state index < -0.39 is 0 Å². The van der Waals surface area contributed by atoms with Crippen molar-refractivity contribution in [3.63, 3.8) is 0 Å². The number of hydrogen-bond donors (Lipinski definition) is 1. The minimum absolute atomic E-state index is 0.153. The van der Waals surface area contributed by atoms with Gasteiger partial charge in [-0.25, -0.2) is 9.37 Å². The highest BCUT2D eigenvalue weighted by Gasteiger charge is 2.19. The molecule has 0 saturated heterocycles. The predicted molar refractivity (Wildman–Crippen MR) is 93.9 cm³/mol. The second-order valence-corrected chi connectivity index (χ2v) is 6.73. The Bertz CT molecular complexity index is 704. The lowest BCUT2D eigenvalue weighted by Crippen LogP contribution is -2.31. The van der Waals surface area contributed by atoms with Gasteiger partial charge in [0.1, 0.15) is 11.5 Å². The number of carbonyl (C=O) groups is 1. The number of thiazole rings is 1. The SMILES string of the molecule is C=CCN(Cc1cc(Br)ccc1F)C(=O)c1csc(CCN)n1. The first-order chi connectivity index (χ1) is 11.0. The van der Waals surface area contributed by atoms with E-state index in [9.17, 15) is 9.18 Å². The molecule has 0 fully saturated rings. The Morgan fingerprint density at radius 1 is 1.52 bits per heavy atom. The summed E-state index contributed by atoms with van der Waals surface area (Å²) < 4.78 is 14.7. The Labute approximate surface area is 147 Å². The molecule has 0 aliphatic carbocycles. The summed E-state index contributed by atoms with van der Waals surface area (Å²) in [5.74, 6) is -0.596. The average Bonchev–Trinajstić information content (AvgIpc) is 2.98.